The van der Waals surface area contributed by atoms with Crippen LogP contribution in [0.1, 0.15) is 13.8 Å². The predicted octanol–water partition coefficient (Wildman–Crippen LogP) is 2.39. The minimum atomic E-state index is -3.86. The van der Waals surface area contributed by atoms with Crippen molar-refractivity contribution in [2.45, 2.75) is 20.0 Å². The molecule has 2 N–H and O–H groups in total. The number of ketones is 2. The van der Waals surface area contributed by atoms with Crippen LogP contribution in [0.25, 0.3) is 0 Å². The monoisotopic (exact) mass is 375 g/mol. The highest BCUT2D eigenvalue weighted by molar-refractivity contribution is 8.04. The van der Waals surface area contributed by atoms with Gasteiger partial charge in [-0.3, -0.25) is 23.2 Å². The van der Waals surface area contributed by atoms with Crippen LogP contribution in [-0.4, -0.2) is 43.2 Å². The Morgan fingerprint density at radius 3 is 2.38 bits per heavy atom. The Morgan fingerprint density at radius 1 is 1.25 bits per heavy atom. The summed E-state index contributed by atoms with van der Waals surface area (Å²) in [5.41, 5.74) is 5.66. The number of carbonyl (C=O) groups excluding carboxylic acids is 2. The van der Waals surface area contributed by atoms with Gasteiger partial charge in [-0.25, -0.2) is 4.57 Å². The van der Waals surface area contributed by atoms with Crippen LogP contribution < -0.4 is 5.73 Å². The number of nitrogens with two attached hydrogens (primary N) is 1. The topological polar surface area (TPSA) is 105 Å². The van der Waals surface area contributed by atoms with Crippen LogP contribution in [0.15, 0.2) is 35.3 Å². The van der Waals surface area contributed by atoms with E-state index >= 15 is 0 Å². The van der Waals surface area contributed by atoms with Gasteiger partial charge in [0.25, 0.3) is 0 Å². The first-order valence-corrected chi connectivity index (χ1v) is 9.88. The standard InChI is InChI=1S/C15H22NO6PS/c1-4-7-24-15-9-12(17)11(8-13(15)18)14(10-16)22-23(19,20-5-2)21-6-3/h4,8-9,14H,1,5-7,10,16H2,2-3H3. The fraction of sp³-hybridized carbons (Fsp3) is 0.467. The third kappa shape index (κ3) is 5.81. The smallest absolute Gasteiger partial charge is 0.328 e. The zero-order chi connectivity index (χ0) is 18.2. The zero-order valence-corrected chi connectivity index (χ0v) is 15.4. The van der Waals surface area contributed by atoms with E-state index in [-0.39, 0.29) is 31.1 Å². The van der Waals surface area contributed by atoms with Crippen molar-refractivity contribution in [1.82, 2.24) is 0 Å². The summed E-state index contributed by atoms with van der Waals surface area (Å²) in [4.78, 5) is 24.7. The number of carbonyl (C=O) groups is 2. The zero-order valence-electron chi connectivity index (χ0n) is 13.7. The van der Waals surface area contributed by atoms with Crippen LogP contribution in [0.3, 0.4) is 0 Å². The lowest BCUT2D eigenvalue weighted by Gasteiger charge is -2.24. The molecule has 0 aliphatic heterocycles. The molecule has 0 amide bonds. The first kappa shape index (κ1) is 21.0. The van der Waals surface area contributed by atoms with E-state index in [2.05, 4.69) is 6.58 Å². The van der Waals surface area contributed by atoms with Gasteiger partial charge >= 0.3 is 7.82 Å². The molecule has 1 aliphatic carbocycles. The molecule has 0 heterocycles. The minimum absolute atomic E-state index is 0.0325. The molecule has 1 atom stereocenters. The van der Waals surface area contributed by atoms with E-state index in [1.807, 2.05) is 0 Å². The lowest BCUT2D eigenvalue weighted by Crippen LogP contribution is -2.31. The number of phosphoric ester groups is 1. The van der Waals surface area contributed by atoms with Crippen molar-refractivity contribution in [2.75, 3.05) is 25.5 Å². The highest BCUT2D eigenvalue weighted by Gasteiger charge is 2.34. The summed E-state index contributed by atoms with van der Waals surface area (Å²) >= 11 is 1.21. The van der Waals surface area contributed by atoms with Gasteiger partial charge in [0.2, 0.25) is 0 Å². The molecular formula is C15H22NO6PS. The first-order chi connectivity index (χ1) is 11.4. The summed E-state index contributed by atoms with van der Waals surface area (Å²) in [6, 6.07) is 0. The molecule has 0 aromatic heterocycles. The first-order valence-electron chi connectivity index (χ1n) is 7.43. The quantitative estimate of drug-likeness (QED) is 0.333. The molecule has 7 nitrogen and oxygen atoms in total. The second-order valence-electron chi connectivity index (χ2n) is 4.55. The van der Waals surface area contributed by atoms with E-state index in [1.54, 1.807) is 19.9 Å². The molecule has 0 spiro atoms. The van der Waals surface area contributed by atoms with Gasteiger partial charge in [-0.1, -0.05) is 6.08 Å². The summed E-state index contributed by atoms with van der Waals surface area (Å²) in [5, 5.41) is 0. The fourth-order valence-corrected chi connectivity index (χ4v) is 3.90. The molecule has 0 saturated heterocycles. The fourth-order valence-electron chi connectivity index (χ4n) is 1.87. The van der Waals surface area contributed by atoms with E-state index in [1.165, 1.54) is 17.8 Å². The minimum Gasteiger partial charge on any atom is -0.328 e. The summed E-state index contributed by atoms with van der Waals surface area (Å²) in [7, 11) is -3.86. The number of allylic oxidation sites excluding steroid dienone is 3. The molecule has 9 heteroatoms. The van der Waals surface area contributed by atoms with Crippen molar-refractivity contribution >= 4 is 31.2 Å². The Morgan fingerprint density at radius 2 is 1.88 bits per heavy atom. The van der Waals surface area contributed by atoms with Gasteiger partial charge in [-0.15, -0.1) is 18.3 Å². The Kier molecular flexibility index (Phi) is 8.83. The molecular weight excluding hydrogens is 353 g/mol. The lowest BCUT2D eigenvalue weighted by atomic mass is 9.98. The predicted molar refractivity (Wildman–Crippen MR) is 93.6 cm³/mol. The van der Waals surface area contributed by atoms with Crippen LogP contribution in [-0.2, 0) is 27.7 Å². The molecule has 1 rings (SSSR count). The van der Waals surface area contributed by atoms with E-state index in [9.17, 15) is 14.2 Å². The molecule has 0 radical (unpaired) electrons. The maximum Gasteiger partial charge on any atom is 0.475 e. The molecule has 1 aliphatic rings. The van der Waals surface area contributed by atoms with Crippen LogP contribution >= 0.6 is 19.6 Å². The molecule has 0 saturated carbocycles. The summed E-state index contributed by atoms with van der Waals surface area (Å²) in [5.74, 6) is -0.244. The summed E-state index contributed by atoms with van der Waals surface area (Å²) in [6.07, 6.45) is 2.96. The average molecular weight is 375 g/mol. The number of thioether (sulfide) groups is 1. The average Bonchev–Trinajstić information content (AvgIpc) is 2.53. The second-order valence-corrected chi connectivity index (χ2v) is 7.23. The van der Waals surface area contributed by atoms with Gasteiger partial charge in [0.05, 0.1) is 18.1 Å². The van der Waals surface area contributed by atoms with Crippen molar-refractivity contribution < 1.29 is 27.7 Å². The molecule has 1 unspecified atom stereocenters. The largest absolute Gasteiger partial charge is 0.475 e. The summed E-state index contributed by atoms with van der Waals surface area (Å²) in [6.45, 7) is 6.87. The highest BCUT2D eigenvalue weighted by Crippen LogP contribution is 2.51. The lowest BCUT2D eigenvalue weighted by molar-refractivity contribution is -0.115. The van der Waals surface area contributed by atoms with E-state index in [0.29, 0.717) is 10.7 Å². The van der Waals surface area contributed by atoms with Crippen LogP contribution in [0.2, 0.25) is 0 Å². The number of rotatable bonds is 11. The highest BCUT2D eigenvalue weighted by atomic mass is 32.2. The number of hydrogen-bond acceptors (Lipinski definition) is 8. The van der Waals surface area contributed by atoms with Crippen molar-refractivity contribution in [2.24, 2.45) is 5.73 Å². The van der Waals surface area contributed by atoms with Gasteiger partial charge in [0.1, 0.15) is 6.10 Å². The molecule has 0 fully saturated rings. The van der Waals surface area contributed by atoms with Gasteiger partial charge in [-0.2, -0.15) is 0 Å². The molecule has 24 heavy (non-hydrogen) atoms. The molecule has 0 aromatic carbocycles. The van der Waals surface area contributed by atoms with Crippen molar-refractivity contribution in [3.8, 4) is 0 Å². The Bertz CT molecular complexity index is 591. The molecule has 0 aromatic rings. The number of phosphoric acid groups is 1. The van der Waals surface area contributed by atoms with Gasteiger partial charge in [0.15, 0.2) is 11.6 Å². The molecule has 0 bridgehead atoms. The van der Waals surface area contributed by atoms with Crippen LogP contribution in [0.5, 0.6) is 0 Å². The maximum absolute atomic E-state index is 12.4. The third-order valence-electron chi connectivity index (χ3n) is 2.82. The van der Waals surface area contributed by atoms with Gasteiger partial charge in [-0.05, 0) is 19.9 Å². The normalized spacial score (nSPS) is 16.6. The SMILES string of the molecule is C=CCSC1=CC(=O)C(C(CN)OP(=O)(OCC)OCC)=CC1=O. The Hall–Kier alpha value is -1.02. The molecule has 134 valence electrons. The second kappa shape index (κ2) is 10.1. The Labute approximate surface area is 145 Å². The third-order valence-corrected chi connectivity index (χ3v) is 5.52. The van der Waals surface area contributed by atoms with E-state index in [0.717, 1.165) is 6.08 Å². The van der Waals surface area contributed by atoms with E-state index < -0.39 is 19.7 Å². The van der Waals surface area contributed by atoms with Crippen molar-refractivity contribution in [3.05, 3.63) is 35.3 Å². The van der Waals surface area contributed by atoms with Crippen molar-refractivity contribution in [3.63, 3.8) is 0 Å². The Balaban J connectivity index is 2.96. The maximum atomic E-state index is 12.4. The van der Waals surface area contributed by atoms with Crippen molar-refractivity contribution in [1.29, 1.82) is 0 Å². The van der Waals surface area contributed by atoms with Gasteiger partial charge in [0, 0.05) is 23.9 Å². The summed E-state index contributed by atoms with van der Waals surface area (Å²) < 4.78 is 27.8. The number of hydrogen-bond donors (Lipinski definition) is 1. The van der Waals surface area contributed by atoms with Crippen LogP contribution in [0, 0.1) is 0 Å². The van der Waals surface area contributed by atoms with E-state index in [4.69, 9.17) is 19.3 Å². The van der Waals surface area contributed by atoms with Gasteiger partial charge < -0.3 is 5.73 Å². The van der Waals surface area contributed by atoms with Crippen LogP contribution in [0.4, 0.5) is 0 Å².